The summed E-state index contributed by atoms with van der Waals surface area (Å²) in [5.74, 6) is 0.360. The first-order valence-corrected chi connectivity index (χ1v) is 5.34. The molecule has 1 aromatic carbocycles. The first-order chi connectivity index (χ1) is 7.54. The predicted octanol–water partition coefficient (Wildman–Crippen LogP) is 1.90. The SMILES string of the molecule is CN=C(N)SCc1cc([N+](=O)[O-])ccc1O.Cl. The molecule has 1 rings (SSSR count). The number of nitro benzene ring substituents is 1. The van der Waals surface area contributed by atoms with Crippen LogP contribution in [0.25, 0.3) is 0 Å². The Labute approximate surface area is 108 Å². The van der Waals surface area contributed by atoms with Crippen LogP contribution in [-0.4, -0.2) is 22.2 Å². The van der Waals surface area contributed by atoms with E-state index in [2.05, 4.69) is 4.99 Å². The maximum Gasteiger partial charge on any atom is 0.270 e. The minimum atomic E-state index is -0.509. The van der Waals surface area contributed by atoms with Crippen molar-refractivity contribution in [2.24, 2.45) is 10.7 Å². The largest absolute Gasteiger partial charge is 0.508 e. The maximum atomic E-state index is 10.5. The zero-order chi connectivity index (χ0) is 12.1. The summed E-state index contributed by atoms with van der Waals surface area (Å²) in [4.78, 5) is 13.8. The molecule has 0 heterocycles. The maximum absolute atomic E-state index is 10.5. The average molecular weight is 278 g/mol. The second kappa shape index (κ2) is 6.97. The molecular formula is C9H12ClN3O3S. The van der Waals surface area contributed by atoms with E-state index in [0.29, 0.717) is 16.5 Å². The van der Waals surface area contributed by atoms with E-state index in [1.807, 2.05) is 0 Å². The fraction of sp³-hybridized carbons (Fsp3) is 0.222. The molecule has 94 valence electrons. The molecule has 0 aliphatic rings. The highest BCUT2D eigenvalue weighted by Crippen LogP contribution is 2.26. The zero-order valence-electron chi connectivity index (χ0n) is 8.99. The molecule has 0 radical (unpaired) electrons. The summed E-state index contributed by atoms with van der Waals surface area (Å²) in [6, 6.07) is 3.87. The van der Waals surface area contributed by atoms with Crippen LogP contribution in [0.15, 0.2) is 23.2 Å². The van der Waals surface area contributed by atoms with Gasteiger partial charge in [-0.15, -0.1) is 12.4 Å². The Balaban J connectivity index is 0.00000256. The summed E-state index contributed by atoms with van der Waals surface area (Å²) in [7, 11) is 1.55. The minimum absolute atomic E-state index is 0. The van der Waals surface area contributed by atoms with Gasteiger partial charge in [-0.1, -0.05) is 11.8 Å². The topological polar surface area (TPSA) is 102 Å². The lowest BCUT2D eigenvalue weighted by Gasteiger charge is -2.03. The molecule has 0 aliphatic carbocycles. The molecule has 0 saturated heterocycles. The Kier molecular flexibility index (Phi) is 6.37. The van der Waals surface area contributed by atoms with Crippen LogP contribution in [0.5, 0.6) is 5.75 Å². The van der Waals surface area contributed by atoms with E-state index in [4.69, 9.17) is 5.73 Å². The number of phenolic OH excluding ortho intramolecular Hbond substituents is 1. The van der Waals surface area contributed by atoms with Crippen molar-refractivity contribution in [3.63, 3.8) is 0 Å². The monoisotopic (exact) mass is 277 g/mol. The molecule has 0 unspecified atom stereocenters. The van der Waals surface area contributed by atoms with Crippen molar-refractivity contribution < 1.29 is 10.0 Å². The van der Waals surface area contributed by atoms with Crippen LogP contribution in [0.4, 0.5) is 5.69 Å². The third-order valence-corrected chi connectivity index (χ3v) is 2.80. The molecule has 0 bridgehead atoms. The van der Waals surface area contributed by atoms with Crippen LogP contribution in [-0.2, 0) is 5.75 Å². The lowest BCUT2D eigenvalue weighted by Crippen LogP contribution is -2.06. The van der Waals surface area contributed by atoms with E-state index in [1.54, 1.807) is 7.05 Å². The van der Waals surface area contributed by atoms with Crippen molar-refractivity contribution >= 4 is 35.0 Å². The molecule has 0 spiro atoms. The number of aliphatic imine (C=N–C) groups is 1. The number of nitrogens with two attached hydrogens (primary N) is 1. The van der Waals surface area contributed by atoms with Crippen LogP contribution >= 0.6 is 24.2 Å². The third kappa shape index (κ3) is 4.49. The molecular weight excluding hydrogens is 266 g/mol. The van der Waals surface area contributed by atoms with Gasteiger partial charge in [-0.05, 0) is 6.07 Å². The number of aromatic hydroxyl groups is 1. The van der Waals surface area contributed by atoms with E-state index < -0.39 is 4.92 Å². The first kappa shape index (κ1) is 15.5. The number of benzene rings is 1. The third-order valence-electron chi connectivity index (χ3n) is 1.87. The number of halogens is 1. The van der Waals surface area contributed by atoms with Crippen molar-refractivity contribution in [2.75, 3.05) is 7.05 Å². The minimum Gasteiger partial charge on any atom is -0.508 e. The van der Waals surface area contributed by atoms with E-state index in [0.717, 1.165) is 0 Å². The van der Waals surface area contributed by atoms with Gasteiger partial charge in [0.1, 0.15) is 5.75 Å². The van der Waals surface area contributed by atoms with Gasteiger partial charge in [0.2, 0.25) is 0 Å². The number of hydrogen-bond acceptors (Lipinski definition) is 5. The Hall–Kier alpha value is -1.47. The Morgan fingerprint density at radius 3 is 2.82 bits per heavy atom. The molecule has 0 atom stereocenters. The first-order valence-electron chi connectivity index (χ1n) is 4.36. The summed E-state index contributed by atoms with van der Waals surface area (Å²) in [6.07, 6.45) is 0. The lowest BCUT2D eigenvalue weighted by molar-refractivity contribution is -0.384. The number of nitro groups is 1. The van der Waals surface area contributed by atoms with Crippen LogP contribution in [0.3, 0.4) is 0 Å². The molecule has 0 aliphatic heterocycles. The summed E-state index contributed by atoms with van der Waals surface area (Å²) < 4.78 is 0. The molecule has 1 aromatic rings. The van der Waals surface area contributed by atoms with Crippen molar-refractivity contribution in [1.82, 2.24) is 0 Å². The number of non-ortho nitro benzene ring substituents is 1. The number of amidine groups is 1. The number of phenols is 1. The van der Waals surface area contributed by atoms with Crippen molar-refractivity contribution in [3.05, 3.63) is 33.9 Å². The van der Waals surface area contributed by atoms with Crippen LogP contribution in [0.2, 0.25) is 0 Å². The molecule has 8 heteroatoms. The van der Waals surface area contributed by atoms with E-state index >= 15 is 0 Å². The van der Waals surface area contributed by atoms with E-state index in [1.165, 1.54) is 30.0 Å². The summed E-state index contributed by atoms with van der Waals surface area (Å²) in [5, 5.41) is 20.4. The van der Waals surface area contributed by atoms with Crippen LogP contribution < -0.4 is 5.73 Å². The predicted molar refractivity (Wildman–Crippen MR) is 70.9 cm³/mol. The van der Waals surface area contributed by atoms with Crippen LogP contribution in [0, 0.1) is 10.1 Å². The second-order valence-corrected chi connectivity index (χ2v) is 3.92. The van der Waals surface area contributed by atoms with E-state index in [9.17, 15) is 15.2 Å². The lowest BCUT2D eigenvalue weighted by atomic mass is 10.2. The van der Waals surface area contributed by atoms with Gasteiger partial charge >= 0.3 is 0 Å². The molecule has 17 heavy (non-hydrogen) atoms. The number of rotatable bonds is 3. The number of nitrogens with zero attached hydrogens (tertiary/aromatic N) is 2. The van der Waals surface area contributed by atoms with Gasteiger partial charge in [0.05, 0.1) is 4.92 Å². The van der Waals surface area contributed by atoms with E-state index in [-0.39, 0.29) is 23.8 Å². The number of thioether (sulfide) groups is 1. The van der Waals surface area contributed by atoms with Gasteiger partial charge in [0.15, 0.2) is 5.17 Å². The quantitative estimate of drug-likeness (QED) is 0.380. The Morgan fingerprint density at radius 2 is 2.29 bits per heavy atom. The van der Waals surface area contributed by atoms with Gasteiger partial charge in [-0.3, -0.25) is 15.1 Å². The van der Waals surface area contributed by atoms with Gasteiger partial charge < -0.3 is 10.8 Å². The second-order valence-electron chi connectivity index (χ2n) is 2.92. The average Bonchev–Trinajstić information content (AvgIpc) is 2.27. The van der Waals surface area contributed by atoms with Gasteiger partial charge in [0.25, 0.3) is 5.69 Å². The normalized spacial score (nSPS) is 10.8. The molecule has 3 N–H and O–H groups in total. The summed E-state index contributed by atoms with van der Waals surface area (Å²) >= 11 is 1.21. The highest BCUT2D eigenvalue weighted by Gasteiger charge is 2.10. The molecule has 0 aromatic heterocycles. The van der Waals surface area contributed by atoms with Gasteiger partial charge in [0, 0.05) is 30.5 Å². The highest BCUT2D eigenvalue weighted by atomic mass is 35.5. The Morgan fingerprint density at radius 1 is 1.65 bits per heavy atom. The van der Waals surface area contributed by atoms with Crippen molar-refractivity contribution in [3.8, 4) is 5.75 Å². The standard InChI is InChI=1S/C9H11N3O3S.ClH/c1-11-9(10)16-5-6-4-7(12(14)15)2-3-8(6)13;/h2-4,13H,5H2,1H3,(H2,10,11);1H. The highest BCUT2D eigenvalue weighted by molar-refractivity contribution is 8.13. The molecule has 0 saturated carbocycles. The van der Waals surface area contributed by atoms with Crippen molar-refractivity contribution in [2.45, 2.75) is 5.75 Å². The fourth-order valence-electron chi connectivity index (χ4n) is 1.02. The van der Waals surface area contributed by atoms with Crippen molar-refractivity contribution in [1.29, 1.82) is 0 Å². The zero-order valence-corrected chi connectivity index (χ0v) is 10.6. The molecule has 6 nitrogen and oxygen atoms in total. The smallest absolute Gasteiger partial charge is 0.270 e. The molecule has 0 amide bonds. The number of hydrogen-bond donors (Lipinski definition) is 2. The van der Waals surface area contributed by atoms with Gasteiger partial charge in [-0.25, -0.2) is 0 Å². The Bertz CT molecular complexity index is 439. The summed E-state index contributed by atoms with van der Waals surface area (Å²) in [5.41, 5.74) is 5.87. The molecule has 0 fully saturated rings. The summed E-state index contributed by atoms with van der Waals surface area (Å²) in [6.45, 7) is 0. The van der Waals surface area contributed by atoms with Crippen LogP contribution in [0.1, 0.15) is 5.56 Å². The fourth-order valence-corrected chi connectivity index (χ4v) is 1.68. The van der Waals surface area contributed by atoms with Gasteiger partial charge in [-0.2, -0.15) is 0 Å².